The fraction of sp³-hybridized carbons (Fsp3) is 0.727. The molecule has 1 atom stereocenters. The molecule has 96 valence electrons. The highest BCUT2D eigenvalue weighted by Crippen LogP contribution is 2.17. The molecule has 0 aliphatic rings. The second-order valence-electron chi connectivity index (χ2n) is 4.77. The molecule has 1 aromatic heterocycles. The lowest BCUT2D eigenvalue weighted by atomic mass is 10.0. The summed E-state index contributed by atoms with van der Waals surface area (Å²) >= 11 is 0. The van der Waals surface area contributed by atoms with Crippen molar-refractivity contribution in [2.45, 2.75) is 46.1 Å². The van der Waals surface area contributed by atoms with E-state index in [0.29, 0.717) is 6.73 Å². The summed E-state index contributed by atoms with van der Waals surface area (Å²) < 4.78 is 9.43. The van der Waals surface area contributed by atoms with Crippen molar-refractivity contribution in [1.29, 1.82) is 0 Å². The van der Waals surface area contributed by atoms with Crippen LogP contribution in [0.25, 0.3) is 0 Å². The molecule has 0 N–H and O–H groups in total. The first-order chi connectivity index (χ1) is 7.76. The maximum Gasteiger partial charge on any atom is 0.254 e. The van der Waals surface area contributed by atoms with Gasteiger partial charge in [0.25, 0.3) is 5.82 Å². The van der Waals surface area contributed by atoms with Crippen LogP contribution in [0.2, 0.25) is 0 Å². The van der Waals surface area contributed by atoms with Gasteiger partial charge in [0.05, 0.1) is 7.05 Å². The third-order valence-corrected chi connectivity index (χ3v) is 3.33. The minimum atomic E-state index is -1.08. The Morgan fingerprint density at radius 3 is 2.65 bits per heavy atom. The Kier molecular flexibility index (Phi) is 3.87. The Bertz CT molecular complexity index is 412. The molecular weight excluding hydrogens is 222 g/mol. The van der Waals surface area contributed by atoms with Crippen molar-refractivity contribution >= 4 is 0 Å². The summed E-state index contributed by atoms with van der Waals surface area (Å²) in [7, 11) is 1.94. The monoisotopic (exact) mass is 242 g/mol. The van der Waals surface area contributed by atoms with E-state index < -0.39 is 11.6 Å². The zero-order valence-electron chi connectivity index (χ0n) is 11.0. The van der Waals surface area contributed by atoms with Gasteiger partial charge in [-0.1, -0.05) is 0 Å². The Morgan fingerprint density at radius 2 is 2.24 bits per heavy atom. The number of ether oxygens (including phenoxy) is 1. The van der Waals surface area contributed by atoms with Crippen LogP contribution < -0.4 is 4.57 Å². The highest BCUT2D eigenvalue weighted by Gasteiger charge is 2.39. The molecule has 0 saturated heterocycles. The largest absolute Gasteiger partial charge is 0.331 e. The van der Waals surface area contributed by atoms with Gasteiger partial charge in [-0.15, -0.1) is 0 Å². The Hall–Kier alpha value is -1.43. The van der Waals surface area contributed by atoms with Gasteiger partial charge in [-0.05, 0) is 6.92 Å². The van der Waals surface area contributed by atoms with Crippen LogP contribution in [0.5, 0.6) is 0 Å². The Labute approximate surface area is 101 Å². The zero-order valence-corrected chi connectivity index (χ0v) is 11.0. The Morgan fingerprint density at radius 1 is 1.65 bits per heavy atom. The molecule has 6 nitrogen and oxygen atoms in total. The van der Waals surface area contributed by atoms with Crippen molar-refractivity contribution in [3.63, 3.8) is 0 Å². The standard InChI is InChI=1S/C11H20N3O3/c1-9(11(3,4)14(15)16)17-8-13-7-6-12(5)10(13)2/h6-7,9H,8H2,1-5H3/q+1. The normalized spacial score (nSPS) is 13.7. The van der Waals surface area contributed by atoms with Gasteiger partial charge in [-0.25, -0.2) is 9.13 Å². The fourth-order valence-electron chi connectivity index (χ4n) is 1.28. The van der Waals surface area contributed by atoms with E-state index in [0.717, 1.165) is 5.82 Å². The molecule has 1 unspecified atom stereocenters. The predicted octanol–water partition coefficient (Wildman–Crippen LogP) is 1.04. The van der Waals surface area contributed by atoms with Gasteiger partial charge in [0.1, 0.15) is 18.5 Å². The van der Waals surface area contributed by atoms with Crippen molar-refractivity contribution in [3.8, 4) is 0 Å². The van der Waals surface area contributed by atoms with Crippen molar-refractivity contribution in [3.05, 3.63) is 28.3 Å². The molecular formula is C11H20N3O3+. The molecule has 0 saturated carbocycles. The molecule has 0 spiro atoms. The molecule has 0 radical (unpaired) electrons. The van der Waals surface area contributed by atoms with Crippen molar-refractivity contribution in [2.24, 2.45) is 7.05 Å². The third-order valence-electron chi connectivity index (χ3n) is 3.33. The van der Waals surface area contributed by atoms with Crippen LogP contribution in [0.4, 0.5) is 0 Å². The maximum absolute atomic E-state index is 10.9. The number of imidazole rings is 1. The van der Waals surface area contributed by atoms with Gasteiger partial charge in [0.15, 0.2) is 6.73 Å². The molecule has 1 rings (SSSR count). The molecule has 0 fully saturated rings. The highest BCUT2D eigenvalue weighted by atomic mass is 16.6. The van der Waals surface area contributed by atoms with E-state index in [4.69, 9.17) is 4.74 Å². The van der Waals surface area contributed by atoms with E-state index in [1.165, 1.54) is 0 Å². The average Bonchev–Trinajstić information content (AvgIpc) is 2.56. The van der Waals surface area contributed by atoms with E-state index in [1.807, 2.05) is 35.5 Å². The molecule has 0 amide bonds. The summed E-state index contributed by atoms with van der Waals surface area (Å²) in [6.45, 7) is 7.15. The predicted molar refractivity (Wildman–Crippen MR) is 62.0 cm³/mol. The lowest BCUT2D eigenvalue weighted by Crippen LogP contribution is -2.43. The summed E-state index contributed by atoms with van der Waals surface area (Å²) in [5.74, 6) is 1.04. The van der Waals surface area contributed by atoms with Gasteiger partial charge < -0.3 is 4.74 Å². The zero-order chi connectivity index (χ0) is 13.2. The van der Waals surface area contributed by atoms with Gasteiger partial charge >= 0.3 is 0 Å². The molecule has 17 heavy (non-hydrogen) atoms. The SMILES string of the molecule is Cc1n(COC(C)C(C)(C)[N+](=O)[O-])cc[n+]1C. The molecule has 1 aromatic rings. The van der Waals surface area contributed by atoms with E-state index in [-0.39, 0.29) is 4.92 Å². The summed E-state index contributed by atoms with van der Waals surface area (Å²) in [4.78, 5) is 10.6. The number of aromatic nitrogens is 2. The number of hydrogen-bond donors (Lipinski definition) is 0. The second kappa shape index (κ2) is 4.83. The molecule has 0 aliphatic heterocycles. The molecule has 0 bridgehead atoms. The highest BCUT2D eigenvalue weighted by molar-refractivity contribution is 4.79. The first-order valence-corrected chi connectivity index (χ1v) is 5.54. The van der Waals surface area contributed by atoms with Crippen molar-refractivity contribution < 1.29 is 14.2 Å². The summed E-state index contributed by atoms with van der Waals surface area (Å²) in [5, 5.41) is 10.9. The summed E-state index contributed by atoms with van der Waals surface area (Å²) in [5.41, 5.74) is -1.08. The van der Waals surface area contributed by atoms with Crippen LogP contribution in [0, 0.1) is 17.0 Å². The fourth-order valence-corrected chi connectivity index (χ4v) is 1.28. The summed E-state index contributed by atoms with van der Waals surface area (Å²) in [6, 6.07) is 0. The summed E-state index contributed by atoms with van der Waals surface area (Å²) in [6.07, 6.45) is 3.35. The van der Waals surface area contributed by atoms with E-state index in [2.05, 4.69) is 0 Å². The number of hydrogen-bond acceptors (Lipinski definition) is 3. The minimum Gasteiger partial charge on any atom is -0.331 e. The topological polar surface area (TPSA) is 61.2 Å². The van der Waals surface area contributed by atoms with Crippen molar-refractivity contribution in [1.82, 2.24) is 4.57 Å². The van der Waals surface area contributed by atoms with Crippen LogP contribution in [-0.4, -0.2) is 21.1 Å². The number of nitrogens with zero attached hydrogens (tertiary/aromatic N) is 3. The van der Waals surface area contributed by atoms with Crippen LogP contribution in [0.1, 0.15) is 26.6 Å². The molecule has 0 aliphatic carbocycles. The van der Waals surface area contributed by atoms with Crippen molar-refractivity contribution in [2.75, 3.05) is 0 Å². The lowest BCUT2D eigenvalue weighted by molar-refractivity contribution is -0.677. The number of nitro groups is 1. The number of rotatable bonds is 5. The number of aryl methyl sites for hydroxylation is 1. The van der Waals surface area contributed by atoms with Gasteiger partial charge in [0, 0.05) is 25.7 Å². The average molecular weight is 242 g/mol. The van der Waals surface area contributed by atoms with Crippen LogP contribution >= 0.6 is 0 Å². The van der Waals surface area contributed by atoms with E-state index in [1.54, 1.807) is 20.8 Å². The second-order valence-corrected chi connectivity index (χ2v) is 4.77. The van der Waals surface area contributed by atoms with Crippen LogP contribution in [-0.2, 0) is 18.5 Å². The van der Waals surface area contributed by atoms with E-state index >= 15 is 0 Å². The van der Waals surface area contributed by atoms with Gasteiger partial charge in [0.2, 0.25) is 5.54 Å². The minimum absolute atomic E-state index is 0.305. The Balaban J connectivity index is 2.63. The third kappa shape index (κ3) is 2.82. The first-order valence-electron chi connectivity index (χ1n) is 5.54. The maximum atomic E-state index is 10.9. The quantitative estimate of drug-likeness (QED) is 0.440. The van der Waals surface area contributed by atoms with Gasteiger partial charge in [-0.3, -0.25) is 10.1 Å². The molecule has 1 heterocycles. The van der Waals surface area contributed by atoms with Gasteiger partial charge in [-0.2, -0.15) is 0 Å². The molecule has 0 aromatic carbocycles. The van der Waals surface area contributed by atoms with E-state index in [9.17, 15) is 10.1 Å². The molecule has 6 heteroatoms. The first kappa shape index (κ1) is 13.6. The van der Waals surface area contributed by atoms with Crippen LogP contribution in [0.3, 0.4) is 0 Å². The lowest BCUT2D eigenvalue weighted by Gasteiger charge is -2.22. The van der Waals surface area contributed by atoms with Crippen LogP contribution in [0.15, 0.2) is 12.4 Å². The smallest absolute Gasteiger partial charge is 0.254 e.